The maximum atomic E-state index is 7.28. The Morgan fingerprint density at radius 1 is 1.00 bits per heavy atom. The monoisotopic (exact) mass is 411 g/mol. The quantitative estimate of drug-likeness (QED) is 0.433. The second-order valence-electron chi connectivity index (χ2n) is 7.69. The summed E-state index contributed by atoms with van der Waals surface area (Å²) in [6.07, 6.45) is 5.69. The van der Waals surface area contributed by atoms with Gasteiger partial charge in [0.05, 0.1) is 17.4 Å². The zero-order valence-corrected chi connectivity index (χ0v) is 17.4. The Hall–Kier alpha value is -4.01. The molecule has 9 nitrogen and oxygen atoms in total. The van der Waals surface area contributed by atoms with Crippen molar-refractivity contribution in [1.82, 2.24) is 34.6 Å². The van der Waals surface area contributed by atoms with Gasteiger partial charge in [0.25, 0.3) is 0 Å². The molecule has 5 rings (SSSR count). The number of fused-ring (bicyclic) bond motifs is 2. The first kappa shape index (κ1) is 19.0. The van der Waals surface area contributed by atoms with E-state index in [0.717, 1.165) is 33.4 Å². The van der Waals surface area contributed by atoms with Gasteiger partial charge in [-0.05, 0) is 42.8 Å². The van der Waals surface area contributed by atoms with E-state index in [1.54, 1.807) is 9.20 Å². The summed E-state index contributed by atoms with van der Waals surface area (Å²) in [5.41, 5.74) is 12.7. The maximum absolute atomic E-state index is 7.28. The van der Waals surface area contributed by atoms with Crippen LogP contribution in [-0.4, -0.2) is 34.6 Å². The number of hydrogen-bond acceptors (Lipinski definition) is 7. The van der Waals surface area contributed by atoms with Gasteiger partial charge in [0, 0.05) is 41.9 Å². The first-order valence-corrected chi connectivity index (χ1v) is 10.0. The van der Waals surface area contributed by atoms with Gasteiger partial charge in [-0.2, -0.15) is 19.8 Å². The van der Waals surface area contributed by atoms with Crippen molar-refractivity contribution in [2.24, 2.45) is 12.2 Å². The third-order valence-electron chi connectivity index (χ3n) is 5.56. The van der Waals surface area contributed by atoms with Crippen molar-refractivity contribution in [3.05, 3.63) is 72.1 Å². The van der Waals surface area contributed by atoms with Crippen molar-refractivity contribution in [3.8, 4) is 11.1 Å². The van der Waals surface area contributed by atoms with Crippen molar-refractivity contribution < 1.29 is 0 Å². The van der Waals surface area contributed by atoms with E-state index in [1.165, 1.54) is 0 Å². The van der Waals surface area contributed by atoms with Gasteiger partial charge in [0.1, 0.15) is 6.04 Å². The Kier molecular flexibility index (Phi) is 4.50. The highest BCUT2D eigenvalue weighted by atomic mass is 15.4. The molecule has 0 aliphatic carbocycles. The van der Waals surface area contributed by atoms with Crippen LogP contribution in [0.5, 0.6) is 0 Å². The average molecular weight is 411 g/mol. The highest BCUT2D eigenvalue weighted by Gasteiger charge is 2.18. The topological polar surface area (TPSA) is 110 Å². The summed E-state index contributed by atoms with van der Waals surface area (Å²) in [4.78, 5) is 4.61. The number of benzene rings is 1. The van der Waals surface area contributed by atoms with E-state index in [1.807, 2.05) is 50.8 Å². The largest absolute Gasteiger partial charge is 0.275 e. The van der Waals surface area contributed by atoms with Gasteiger partial charge >= 0.3 is 0 Å². The van der Waals surface area contributed by atoms with E-state index in [-0.39, 0.29) is 12.0 Å². The standard InChI is InChI=1S/C22H21N9/c1-13(22-28-27-21-7-6-19(14(2)26-23)29-31(21)22)15-4-5-20-16(8-15)9-17(10-24-20)18-11-25-30(3)12-18/h4-14,23H,1-3H3. The summed E-state index contributed by atoms with van der Waals surface area (Å²) in [6.45, 7) is 3.92. The van der Waals surface area contributed by atoms with Crippen molar-refractivity contribution in [2.75, 3.05) is 0 Å². The van der Waals surface area contributed by atoms with E-state index in [2.05, 4.69) is 55.6 Å². The minimum absolute atomic E-state index is 0.0348. The van der Waals surface area contributed by atoms with Gasteiger partial charge in [0.2, 0.25) is 0 Å². The lowest BCUT2D eigenvalue weighted by molar-refractivity contribution is 0.664. The average Bonchev–Trinajstić information content (AvgIpc) is 3.43. The second kappa shape index (κ2) is 7.35. The van der Waals surface area contributed by atoms with Crippen molar-refractivity contribution in [2.45, 2.75) is 25.8 Å². The molecule has 0 aliphatic heterocycles. The number of aromatic nitrogens is 7. The molecule has 2 atom stereocenters. The van der Waals surface area contributed by atoms with E-state index < -0.39 is 0 Å². The Morgan fingerprint density at radius 3 is 2.65 bits per heavy atom. The molecule has 0 saturated carbocycles. The second-order valence-corrected chi connectivity index (χ2v) is 7.69. The molecule has 2 unspecified atom stereocenters. The molecule has 0 aliphatic rings. The van der Waals surface area contributed by atoms with Crippen LogP contribution in [0.3, 0.4) is 0 Å². The molecule has 31 heavy (non-hydrogen) atoms. The number of aryl methyl sites for hydroxylation is 1. The number of nitrogens with one attached hydrogen (secondary N) is 1. The number of nitrogens with zero attached hydrogens (tertiary/aromatic N) is 8. The molecule has 0 amide bonds. The van der Waals surface area contributed by atoms with Crippen LogP contribution < -0.4 is 0 Å². The lowest BCUT2D eigenvalue weighted by atomic mass is 9.98. The molecule has 9 heteroatoms. The maximum Gasteiger partial charge on any atom is 0.177 e. The van der Waals surface area contributed by atoms with Crippen LogP contribution in [0, 0.1) is 5.53 Å². The van der Waals surface area contributed by atoms with Gasteiger partial charge < -0.3 is 0 Å². The fourth-order valence-electron chi connectivity index (χ4n) is 3.68. The third kappa shape index (κ3) is 3.33. The number of rotatable bonds is 5. The van der Waals surface area contributed by atoms with Crippen LogP contribution in [0.1, 0.15) is 42.9 Å². The van der Waals surface area contributed by atoms with Crippen LogP contribution in [0.4, 0.5) is 0 Å². The summed E-state index contributed by atoms with van der Waals surface area (Å²) in [5, 5.41) is 22.2. The van der Waals surface area contributed by atoms with Crippen molar-refractivity contribution in [1.29, 1.82) is 5.53 Å². The minimum Gasteiger partial charge on any atom is -0.275 e. The summed E-state index contributed by atoms with van der Waals surface area (Å²) in [7, 11) is 1.90. The van der Waals surface area contributed by atoms with E-state index in [4.69, 9.17) is 5.53 Å². The van der Waals surface area contributed by atoms with Crippen LogP contribution in [0.2, 0.25) is 0 Å². The molecule has 0 saturated heterocycles. The molecule has 0 spiro atoms. The van der Waals surface area contributed by atoms with E-state index in [0.29, 0.717) is 11.3 Å². The molecule has 0 radical (unpaired) electrons. The summed E-state index contributed by atoms with van der Waals surface area (Å²) in [6, 6.07) is 11.7. The lowest BCUT2D eigenvalue weighted by Crippen LogP contribution is -2.07. The molecule has 0 bridgehead atoms. The van der Waals surface area contributed by atoms with Crippen LogP contribution in [0.25, 0.3) is 27.7 Å². The summed E-state index contributed by atoms with van der Waals surface area (Å²) >= 11 is 0. The third-order valence-corrected chi connectivity index (χ3v) is 5.56. The van der Waals surface area contributed by atoms with Gasteiger partial charge in [-0.15, -0.1) is 10.2 Å². The Labute approximate surface area is 178 Å². The molecule has 1 aromatic carbocycles. The zero-order valence-electron chi connectivity index (χ0n) is 17.4. The van der Waals surface area contributed by atoms with E-state index in [9.17, 15) is 0 Å². The predicted octanol–water partition coefficient (Wildman–Crippen LogP) is 4.32. The molecule has 0 fully saturated rings. The molecular weight excluding hydrogens is 390 g/mol. The summed E-state index contributed by atoms with van der Waals surface area (Å²) < 4.78 is 3.53. The number of hydrogen-bond donors (Lipinski definition) is 1. The van der Waals surface area contributed by atoms with Gasteiger partial charge in [0.15, 0.2) is 11.5 Å². The Morgan fingerprint density at radius 2 is 1.87 bits per heavy atom. The molecule has 4 aromatic heterocycles. The highest BCUT2D eigenvalue weighted by molar-refractivity contribution is 5.84. The molecular formula is C22H21N9. The normalized spacial score (nSPS) is 13.5. The van der Waals surface area contributed by atoms with Crippen molar-refractivity contribution >= 4 is 16.6 Å². The van der Waals surface area contributed by atoms with Gasteiger partial charge in [-0.25, -0.2) is 5.53 Å². The lowest BCUT2D eigenvalue weighted by Gasteiger charge is -2.12. The van der Waals surface area contributed by atoms with E-state index >= 15 is 0 Å². The van der Waals surface area contributed by atoms with Crippen LogP contribution in [-0.2, 0) is 7.05 Å². The van der Waals surface area contributed by atoms with Gasteiger partial charge in [-0.3, -0.25) is 9.67 Å². The number of pyridine rings is 1. The molecule has 154 valence electrons. The molecule has 1 N–H and O–H groups in total. The predicted molar refractivity (Wildman–Crippen MR) is 116 cm³/mol. The fourth-order valence-corrected chi connectivity index (χ4v) is 3.68. The smallest absolute Gasteiger partial charge is 0.177 e. The summed E-state index contributed by atoms with van der Waals surface area (Å²) in [5.74, 6) is 0.706. The van der Waals surface area contributed by atoms with Crippen molar-refractivity contribution in [3.63, 3.8) is 0 Å². The van der Waals surface area contributed by atoms with Gasteiger partial charge in [-0.1, -0.05) is 13.0 Å². The fraction of sp³-hybridized carbons (Fsp3) is 0.227. The first-order valence-electron chi connectivity index (χ1n) is 10.0. The minimum atomic E-state index is -0.312. The van der Waals surface area contributed by atoms with Crippen LogP contribution >= 0.6 is 0 Å². The zero-order chi connectivity index (χ0) is 21.5. The van der Waals surface area contributed by atoms with Crippen LogP contribution in [0.15, 0.2) is 60.1 Å². The highest BCUT2D eigenvalue weighted by Crippen LogP contribution is 2.28. The first-order chi connectivity index (χ1) is 15.0. The Bertz CT molecular complexity index is 1420. The SMILES string of the molecule is CC(N=N)c1ccc2nnc(C(C)c3ccc4ncc(-c5cnn(C)c5)cc4c3)n2n1. The molecule has 4 heterocycles. The Balaban J connectivity index is 1.56. The molecule has 5 aromatic rings.